The molecule has 0 bridgehead atoms. The van der Waals surface area contributed by atoms with Crippen LogP contribution in [-0.4, -0.2) is 19.6 Å². The molecule has 4 nitrogen and oxygen atoms in total. The Balaban J connectivity index is 2.10. The van der Waals surface area contributed by atoms with Crippen LogP contribution in [-0.2, 0) is 5.41 Å². The van der Waals surface area contributed by atoms with Gasteiger partial charge in [0.25, 0.3) is 0 Å². The number of aromatic nitrogens is 4. The third-order valence-electron chi connectivity index (χ3n) is 3.76. The monoisotopic (exact) mass is 250 g/mol. The highest BCUT2D eigenvalue weighted by atomic mass is 35.5. The molecule has 0 atom stereocenters. The van der Waals surface area contributed by atoms with E-state index in [1.165, 1.54) is 32.1 Å². The van der Waals surface area contributed by atoms with Crippen molar-refractivity contribution in [2.24, 2.45) is 0 Å². The van der Waals surface area contributed by atoms with Crippen LogP contribution in [0.1, 0.15) is 44.9 Å². The molecule has 0 spiro atoms. The van der Waals surface area contributed by atoms with E-state index in [0.717, 1.165) is 11.5 Å². The van der Waals surface area contributed by atoms with Crippen LogP contribution in [0.4, 0.5) is 0 Å². The van der Waals surface area contributed by atoms with Gasteiger partial charge in [-0.15, -0.1) is 10.2 Å². The smallest absolute Gasteiger partial charge is 0.165 e. The predicted molar refractivity (Wildman–Crippen MR) is 66.2 cm³/mol. The Labute approximate surface area is 105 Å². The quantitative estimate of drug-likeness (QED) is 0.731. The molecule has 1 saturated carbocycles. The Morgan fingerprint density at radius 1 is 1.24 bits per heavy atom. The van der Waals surface area contributed by atoms with Gasteiger partial charge in [0.1, 0.15) is 17.3 Å². The number of hydrogen-bond acceptors (Lipinski definition) is 3. The van der Waals surface area contributed by atoms with E-state index in [1.807, 2.05) is 4.40 Å². The molecule has 2 heterocycles. The fourth-order valence-corrected chi connectivity index (χ4v) is 2.88. The van der Waals surface area contributed by atoms with E-state index < -0.39 is 0 Å². The van der Waals surface area contributed by atoms with E-state index in [-0.39, 0.29) is 5.41 Å². The lowest BCUT2D eigenvalue weighted by Crippen LogP contribution is -2.27. The maximum absolute atomic E-state index is 5.86. The van der Waals surface area contributed by atoms with E-state index >= 15 is 0 Å². The van der Waals surface area contributed by atoms with Crippen LogP contribution in [0.5, 0.6) is 0 Å². The maximum Gasteiger partial charge on any atom is 0.165 e. The van der Waals surface area contributed by atoms with Crippen molar-refractivity contribution in [2.75, 3.05) is 0 Å². The second-order valence-corrected chi connectivity index (χ2v) is 5.47. The fourth-order valence-electron chi connectivity index (χ4n) is 2.74. The van der Waals surface area contributed by atoms with Crippen molar-refractivity contribution >= 4 is 17.2 Å². The molecular weight excluding hydrogens is 236 g/mol. The van der Waals surface area contributed by atoms with Crippen LogP contribution in [0.25, 0.3) is 5.65 Å². The largest absolute Gasteiger partial charge is 0.269 e. The molecule has 0 aromatic carbocycles. The number of fused-ring (bicyclic) bond motifs is 1. The topological polar surface area (TPSA) is 43.1 Å². The molecule has 1 fully saturated rings. The van der Waals surface area contributed by atoms with E-state index in [4.69, 9.17) is 11.6 Å². The van der Waals surface area contributed by atoms with Crippen molar-refractivity contribution in [3.05, 3.63) is 23.4 Å². The molecule has 17 heavy (non-hydrogen) atoms. The molecule has 5 heteroatoms. The van der Waals surface area contributed by atoms with Gasteiger partial charge in [0.15, 0.2) is 5.65 Å². The van der Waals surface area contributed by atoms with Gasteiger partial charge >= 0.3 is 0 Å². The summed E-state index contributed by atoms with van der Waals surface area (Å²) in [6.45, 7) is 2.28. The first-order valence-corrected chi connectivity index (χ1v) is 6.44. The average Bonchev–Trinajstić information content (AvgIpc) is 2.73. The summed E-state index contributed by atoms with van der Waals surface area (Å²) in [6, 6.07) is 1.75. The lowest BCUT2D eigenvalue weighted by Gasteiger charge is -2.31. The molecule has 2 aromatic heterocycles. The minimum absolute atomic E-state index is 0.132. The van der Waals surface area contributed by atoms with Gasteiger partial charge in [-0.25, -0.2) is 4.98 Å². The summed E-state index contributed by atoms with van der Waals surface area (Å²) in [5, 5.41) is 9.00. The van der Waals surface area contributed by atoms with Crippen molar-refractivity contribution in [1.82, 2.24) is 19.6 Å². The van der Waals surface area contributed by atoms with Gasteiger partial charge in [-0.2, -0.15) is 0 Å². The first kappa shape index (κ1) is 11.0. The Kier molecular flexibility index (Phi) is 2.54. The van der Waals surface area contributed by atoms with Crippen LogP contribution < -0.4 is 0 Å². The van der Waals surface area contributed by atoms with Crippen LogP contribution in [0, 0.1) is 0 Å². The summed E-state index contributed by atoms with van der Waals surface area (Å²) in [6.07, 6.45) is 7.95. The van der Waals surface area contributed by atoms with Gasteiger partial charge < -0.3 is 0 Å². The normalized spacial score (nSPS) is 19.6. The van der Waals surface area contributed by atoms with E-state index in [9.17, 15) is 0 Å². The molecule has 0 N–H and O–H groups in total. The molecule has 0 radical (unpaired) electrons. The van der Waals surface area contributed by atoms with Crippen molar-refractivity contribution in [3.8, 4) is 0 Å². The molecule has 90 valence electrons. The second kappa shape index (κ2) is 3.95. The van der Waals surface area contributed by atoms with Crippen LogP contribution >= 0.6 is 11.6 Å². The minimum Gasteiger partial charge on any atom is -0.269 e. The zero-order valence-corrected chi connectivity index (χ0v) is 10.6. The zero-order valence-electron chi connectivity index (χ0n) is 9.86. The zero-order chi connectivity index (χ0) is 11.9. The Bertz CT molecular complexity index is 542. The summed E-state index contributed by atoms with van der Waals surface area (Å²) in [5.74, 6) is 1.02. The summed E-state index contributed by atoms with van der Waals surface area (Å²) in [5.41, 5.74) is 0.916. The highest BCUT2D eigenvalue weighted by molar-refractivity contribution is 6.29. The van der Waals surface area contributed by atoms with Crippen LogP contribution in [0.15, 0.2) is 12.4 Å². The second-order valence-electron chi connectivity index (χ2n) is 5.08. The van der Waals surface area contributed by atoms with Gasteiger partial charge in [0.05, 0.1) is 0 Å². The molecule has 1 aliphatic carbocycles. The van der Waals surface area contributed by atoms with Gasteiger partial charge in [-0.3, -0.25) is 4.40 Å². The first-order chi connectivity index (χ1) is 8.19. The van der Waals surface area contributed by atoms with Crippen LogP contribution in [0.2, 0.25) is 5.15 Å². The number of halogens is 1. The third kappa shape index (κ3) is 1.80. The lowest BCUT2D eigenvalue weighted by atomic mass is 9.75. The molecule has 0 unspecified atom stereocenters. The van der Waals surface area contributed by atoms with Gasteiger partial charge in [0.2, 0.25) is 0 Å². The fraction of sp³-hybridized carbons (Fsp3) is 0.583. The molecule has 0 saturated heterocycles. The molecule has 2 aromatic rings. The first-order valence-electron chi connectivity index (χ1n) is 6.06. The highest BCUT2D eigenvalue weighted by Gasteiger charge is 2.33. The van der Waals surface area contributed by atoms with E-state index in [0.29, 0.717) is 5.15 Å². The van der Waals surface area contributed by atoms with Gasteiger partial charge in [-0.05, 0) is 12.8 Å². The standard InChI is InChI=1S/C12H15ClN4/c1-12(5-3-2-4-6-12)11-16-15-10-7-9(13)14-8-17(10)11/h7-8H,2-6H2,1H3. The minimum atomic E-state index is 0.132. The number of rotatable bonds is 1. The van der Waals surface area contributed by atoms with Gasteiger partial charge in [-0.1, -0.05) is 37.8 Å². The average molecular weight is 251 g/mol. The van der Waals surface area contributed by atoms with E-state index in [1.54, 1.807) is 12.4 Å². The summed E-state index contributed by atoms with van der Waals surface area (Å²) >= 11 is 5.86. The van der Waals surface area contributed by atoms with Crippen molar-refractivity contribution < 1.29 is 0 Å². The van der Waals surface area contributed by atoms with Gasteiger partial charge in [0, 0.05) is 11.5 Å². The molecule has 0 amide bonds. The lowest BCUT2D eigenvalue weighted by molar-refractivity contribution is 0.301. The van der Waals surface area contributed by atoms with Crippen LogP contribution in [0.3, 0.4) is 0 Å². The summed E-state index contributed by atoms with van der Waals surface area (Å²) < 4.78 is 1.97. The van der Waals surface area contributed by atoms with Crippen molar-refractivity contribution in [2.45, 2.75) is 44.4 Å². The predicted octanol–water partition coefficient (Wildman–Crippen LogP) is 3.00. The number of nitrogens with zero attached hydrogens (tertiary/aromatic N) is 4. The number of hydrogen-bond donors (Lipinski definition) is 0. The highest BCUT2D eigenvalue weighted by Crippen LogP contribution is 2.37. The molecular formula is C12H15ClN4. The van der Waals surface area contributed by atoms with E-state index in [2.05, 4.69) is 22.1 Å². The SMILES string of the molecule is CC1(c2nnc3cc(Cl)ncn23)CCCCC1. The summed E-state index contributed by atoms with van der Waals surface area (Å²) in [7, 11) is 0. The Hall–Kier alpha value is -1.16. The molecule has 3 rings (SSSR count). The molecule has 1 aliphatic rings. The van der Waals surface area contributed by atoms with Crippen molar-refractivity contribution in [1.29, 1.82) is 0 Å². The third-order valence-corrected chi connectivity index (χ3v) is 3.97. The summed E-state index contributed by atoms with van der Waals surface area (Å²) in [4.78, 5) is 4.11. The Morgan fingerprint density at radius 3 is 2.76 bits per heavy atom. The maximum atomic E-state index is 5.86. The van der Waals surface area contributed by atoms with Crippen molar-refractivity contribution in [3.63, 3.8) is 0 Å². The molecule has 0 aliphatic heterocycles. The Morgan fingerprint density at radius 2 is 2.00 bits per heavy atom.